The first-order valence-corrected chi connectivity index (χ1v) is 6.02. The molecule has 0 aromatic heterocycles. The Morgan fingerprint density at radius 2 is 2.32 bits per heavy atom. The fourth-order valence-corrected chi connectivity index (χ4v) is 1.54. The lowest BCUT2D eigenvalue weighted by molar-refractivity contribution is -0.386. The number of ether oxygens (including phenoxy) is 1. The molecular weight excluding hydrogens is 321 g/mol. The number of hydrogen-bond acceptors (Lipinski definition) is 5. The second-order valence-electron chi connectivity index (χ2n) is 4.12. The van der Waals surface area contributed by atoms with Gasteiger partial charge in [-0.1, -0.05) is 0 Å². The monoisotopic (exact) mass is 331 g/mol. The zero-order chi connectivity index (χ0) is 14.6. The van der Waals surface area contributed by atoms with E-state index in [-0.39, 0.29) is 28.9 Å². The van der Waals surface area contributed by atoms with Gasteiger partial charge in [0.25, 0.3) is 0 Å². The molecule has 1 aromatic carbocycles. The molecule has 8 heteroatoms. The Hall–Kier alpha value is -1.72. The highest BCUT2D eigenvalue weighted by Crippen LogP contribution is 2.32. The van der Waals surface area contributed by atoms with E-state index in [0.29, 0.717) is 0 Å². The molecule has 1 rings (SSSR count). The van der Waals surface area contributed by atoms with Crippen LogP contribution in [0, 0.1) is 27.3 Å². The summed E-state index contributed by atoms with van der Waals surface area (Å²) in [5, 5.41) is 19.5. The number of hydrogen-bond donors (Lipinski definition) is 1. The first kappa shape index (κ1) is 15.3. The van der Waals surface area contributed by atoms with Gasteiger partial charge in [-0.25, -0.2) is 4.39 Å². The van der Waals surface area contributed by atoms with Crippen LogP contribution >= 0.6 is 15.9 Å². The van der Waals surface area contributed by atoms with Gasteiger partial charge in [-0.2, -0.15) is 5.26 Å². The minimum absolute atomic E-state index is 0.0211. The summed E-state index contributed by atoms with van der Waals surface area (Å²) < 4.78 is 18.4. The topological polar surface area (TPSA) is 102 Å². The fourth-order valence-electron chi connectivity index (χ4n) is 1.21. The SMILES string of the molecule is CC(N)(C#N)CCOc1cc(F)c(Br)cc1[N+](=O)[O-]. The van der Waals surface area contributed by atoms with Crippen molar-refractivity contribution in [1.29, 1.82) is 5.26 Å². The number of nitrogens with two attached hydrogens (primary N) is 1. The Morgan fingerprint density at radius 1 is 1.68 bits per heavy atom. The van der Waals surface area contributed by atoms with Crippen molar-refractivity contribution in [3.8, 4) is 11.8 Å². The number of nitriles is 1. The largest absolute Gasteiger partial charge is 0.487 e. The van der Waals surface area contributed by atoms with E-state index in [1.807, 2.05) is 6.07 Å². The molecule has 6 nitrogen and oxygen atoms in total. The normalized spacial score (nSPS) is 13.4. The molecule has 0 aliphatic heterocycles. The molecule has 0 saturated carbocycles. The predicted molar refractivity (Wildman–Crippen MR) is 69.1 cm³/mol. The van der Waals surface area contributed by atoms with Crippen molar-refractivity contribution in [3.05, 3.63) is 32.5 Å². The highest BCUT2D eigenvalue weighted by molar-refractivity contribution is 9.10. The zero-order valence-corrected chi connectivity index (χ0v) is 11.6. The van der Waals surface area contributed by atoms with E-state index < -0.39 is 16.3 Å². The summed E-state index contributed by atoms with van der Waals surface area (Å²) >= 11 is 2.86. The van der Waals surface area contributed by atoms with E-state index in [1.54, 1.807) is 0 Å². The number of nitrogens with zero attached hydrogens (tertiary/aromatic N) is 2. The first-order chi connectivity index (χ1) is 8.76. The number of nitro benzene ring substituents is 1. The number of rotatable bonds is 5. The second-order valence-corrected chi connectivity index (χ2v) is 4.97. The third-order valence-corrected chi connectivity index (χ3v) is 2.94. The molecule has 1 aromatic rings. The van der Waals surface area contributed by atoms with Crippen molar-refractivity contribution in [2.24, 2.45) is 5.73 Å². The van der Waals surface area contributed by atoms with Gasteiger partial charge < -0.3 is 10.5 Å². The number of nitro groups is 1. The van der Waals surface area contributed by atoms with E-state index in [0.717, 1.165) is 12.1 Å². The quantitative estimate of drug-likeness (QED) is 0.659. The maximum absolute atomic E-state index is 13.3. The smallest absolute Gasteiger partial charge is 0.312 e. The Morgan fingerprint density at radius 3 is 2.84 bits per heavy atom. The summed E-state index contributed by atoms with van der Waals surface area (Å²) in [6.07, 6.45) is 0.165. The summed E-state index contributed by atoms with van der Waals surface area (Å²) in [6.45, 7) is 1.48. The average Bonchev–Trinajstić information content (AvgIpc) is 2.32. The Labute approximate surface area is 117 Å². The molecule has 0 fully saturated rings. The molecule has 1 atom stereocenters. The summed E-state index contributed by atoms with van der Waals surface area (Å²) in [6, 6.07) is 3.81. The lowest BCUT2D eigenvalue weighted by Gasteiger charge is -2.15. The van der Waals surface area contributed by atoms with Crippen LogP contribution in [0.25, 0.3) is 0 Å². The van der Waals surface area contributed by atoms with Crippen molar-refractivity contribution in [2.45, 2.75) is 18.9 Å². The third kappa shape index (κ3) is 4.15. The molecule has 2 N–H and O–H groups in total. The highest BCUT2D eigenvalue weighted by atomic mass is 79.9. The molecule has 0 spiro atoms. The minimum atomic E-state index is -1.09. The molecule has 0 radical (unpaired) electrons. The lowest BCUT2D eigenvalue weighted by Crippen LogP contribution is -2.35. The molecule has 0 bridgehead atoms. The van der Waals surface area contributed by atoms with Gasteiger partial charge in [0.1, 0.15) is 11.4 Å². The number of halogens is 2. The van der Waals surface area contributed by atoms with Crippen LogP contribution < -0.4 is 10.5 Å². The van der Waals surface area contributed by atoms with E-state index in [9.17, 15) is 14.5 Å². The van der Waals surface area contributed by atoms with Gasteiger partial charge in [-0.3, -0.25) is 10.1 Å². The van der Waals surface area contributed by atoms with E-state index in [4.69, 9.17) is 15.7 Å². The standard InChI is InChI=1S/C11H11BrFN3O3/c1-11(15,6-14)2-3-19-10-5-8(13)7(12)4-9(10)16(17)18/h4-5H,2-3,15H2,1H3. The lowest BCUT2D eigenvalue weighted by atomic mass is 10.0. The molecule has 0 aliphatic carbocycles. The summed E-state index contributed by atoms with van der Waals surface area (Å²) in [5.41, 5.74) is 4.12. The van der Waals surface area contributed by atoms with Crippen LogP contribution in [0.15, 0.2) is 16.6 Å². The molecule has 0 heterocycles. The maximum Gasteiger partial charge on any atom is 0.312 e. The Balaban J connectivity index is 2.87. The Bertz CT molecular complexity index is 543. The summed E-state index contributed by atoms with van der Waals surface area (Å²) in [5.74, 6) is -0.865. The molecule has 102 valence electrons. The van der Waals surface area contributed by atoms with Crippen molar-refractivity contribution >= 4 is 21.6 Å². The van der Waals surface area contributed by atoms with Gasteiger partial charge in [0.2, 0.25) is 0 Å². The Kier molecular flexibility index (Phi) is 4.80. The minimum Gasteiger partial charge on any atom is -0.487 e. The average molecular weight is 332 g/mol. The fraction of sp³-hybridized carbons (Fsp3) is 0.364. The van der Waals surface area contributed by atoms with Crippen molar-refractivity contribution in [1.82, 2.24) is 0 Å². The van der Waals surface area contributed by atoms with Crippen LogP contribution in [0.1, 0.15) is 13.3 Å². The third-order valence-electron chi connectivity index (χ3n) is 2.33. The molecular formula is C11H11BrFN3O3. The summed E-state index contributed by atoms with van der Waals surface area (Å²) in [7, 11) is 0. The van der Waals surface area contributed by atoms with Crippen molar-refractivity contribution in [2.75, 3.05) is 6.61 Å². The number of benzene rings is 1. The molecule has 1 unspecified atom stereocenters. The maximum atomic E-state index is 13.3. The van der Waals surface area contributed by atoms with Gasteiger partial charge in [0, 0.05) is 18.6 Å². The van der Waals surface area contributed by atoms with Crippen molar-refractivity contribution < 1.29 is 14.1 Å². The highest BCUT2D eigenvalue weighted by Gasteiger charge is 2.21. The summed E-state index contributed by atoms with van der Waals surface area (Å²) in [4.78, 5) is 10.1. The second kappa shape index (κ2) is 5.95. The molecule has 0 aliphatic rings. The van der Waals surface area contributed by atoms with E-state index in [1.165, 1.54) is 6.92 Å². The van der Waals surface area contributed by atoms with Gasteiger partial charge in [0.05, 0.1) is 22.1 Å². The van der Waals surface area contributed by atoms with Gasteiger partial charge in [0.15, 0.2) is 5.75 Å². The van der Waals surface area contributed by atoms with Crippen LogP contribution in [0.2, 0.25) is 0 Å². The molecule has 0 saturated heterocycles. The predicted octanol–water partition coefficient (Wildman–Crippen LogP) is 2.51. The molecule has 0 amide bonds. The van der Waals surface area contributed by atoms with Crippen LogP contribution in [0.4, 0.5) is 10.1 Å². The van der Waals surface area contributed by atoms with Crippen LogP contribution in [-0.2, 0) is 0 Å². The first-order valence-electron chi connectivity index (χ1n) is 5.23. The van der Waals surface area contributed by atoms with Crippen molar-refractivity contribution in [3.63, 3.8) is 0 Å². The van der Waals surface area contributed by atoms with E-state index in [2.05, 4.69) is 15.9 Å². The van der Waals surface area contributed by atoms with Gasteiger partial charge >= 0.3 is 5.69 Å². The van der Waals surface area contributed by atoms with Crippen LogP contribution in [-0.4, -0.2) is 17.1 Å². The zero-order valence-electron chi connectivity index (χ0n) is 10.0. The molecule has 19 heavy (non-hydrogen) atoms. The van der Waals surface area contributed by atoms with Gasteiger partial charge in [-0.15, -0.1) is 0 Å². The van der Waals surface area contributed by atoms with Gasteiger partial charge in [-0.05, 0) is 22.9 Å². The van der Waals surface area contributed by atoms with Crippen LogP contribution in [0.3, 0.4) is 0 Å². The van der Waals surface area contributed by atoms with E-state index >= 15 is 0 Å². The van der Waals surface area contributed by atoms with Crippen LogP contribution in [0.5, 0.6) is 5.75 Å².